The van der Waals surface area contributed by atoms with E-state index in [-0.39, 0.29) is 11.7 Å². The summed E-state index contributed by atoms with van der Waals surface area (Å²) < 4.78 is 0. The number of aryl methyl sites for hydroxylation is 1. The van der Waals surface area contributed by atoms with Crippen molar-refractivity contribution in [2.45, 2.75) is 57.9 Å². The van der Waals surface area contributed by atoms with E-state index in [9.17, 15) is 9.59 Å². The Bertz CT molecular complexity index is 645. The van der Waals surface area contributed by atoms with Gasteiger partial charge in [0, 0.05) is 5.02 Å². The van der Waals surface area contributed by atoms with Crippen molar-refractivity contribution < 1.29 is 9.59 Å². The second-order valence-corrected chi connectivity index (χ2v) is 7.36. The summed E-state index contributed by atoms with van der Waals surface area (Å²) in [4.78, 5) is 25.7. The lowest BCUT2D eigenvalue weighted by atomic mass is 9.73. The second kappa shape index (κ2) is 5.38. The predicted molar refractivity (Wildman–Crippen MR) is 87.2 cm³/mol. The van der Waals surface area contributed by atoms with Crippen LogP contribution in [-0.4, -0.2) is 17.2 Å². The fraction of sp³-hybridized carbons (Fsp3) is 0.556. The molecular formula is C18H22ClNO2. The van der Waals surface area contributed by atoms with Crippen molar-refractivity contribution in [3.63, 3.8) is 0 Å². The monoisotopic (exact) mass is 319 g/mol. The van der Waals surface area contributed by atoms with Crippen LogP contribution in [0.3, 0.4) is 0 Å². The minimum atomic E-state index is -0.702. The molecule has 1 aliphatic carbocycles. The number of ketones is 1. The standard InChI is InChI=1S/C18H22ClNO2/c1-10-6-8-18(9-7-10)16(21)15(17(22)20-18)14-11(2)4-5-13(19)12(14)3/h4-5,10,15H,6-9H2,1-3H3,(H,20,22). The fourth-order valence-electron chi connectivity index (χ4n) is 3.94. The maximum absolute atomic E-state index is 13.1. The summed E-state index contributed by atoms with van der Waals surface area (Å²) in [5.74, 6) is -0.193. The van der Waals surface area contributed by atoms with Crippen molar-refractivity contribution >= 4 is 23.3 Å². The number of hydrogen-bond donors (Lipinski definition) is 1. The number of rotatable bonds is 1. The zero-order valence-corrected chi connectivity index (χ0v) is 14.1. The van der Waals surface area contributed by atoms with Crippen LogP contribution in [0, 0.1) is 19.8 Å². The summed E-state index contributed by atoms with van der Waals surface area (Å²) in [5.41, 5.74) is 1.95. The number of carbonyl (C=O) groups is 2. The molecule has 1 N–H and O–H groups in total. The molecule has 1 saturated heterocycles. The Morgan fingerprint density at radius 3 is 2.45 bits per heavy atom. The van der Waals surface area contributed by atoms with Crippen molar-refractivity contribution in [2.75, 3.05) is 0 Å². The van der Waals surface area contributed by atoms with E-state index >= 15 is 0 Å². The molecule has 4 heteroatoms. The van der Waals surface area contributed by atoms with Crippen molar-refractivity contribution in [2.24, 2.45) is 5.92 Å². The van der Waals surface area contributed by atoms with Gasteiger partial charge in [-0.2, -0.15) is 0 Å². The van der Waals surface area contributed by atoms with Crippen LogP contribution in [0.25, 0.3) is 0 Å². The van der Waals surface area contributed by atoms with Crippen LogP contribution in [0.5, 0.6) is 0 Å². The highest BCUT2D eigenvalue weighted by Crippen LogP contribution is 2.42. The molecule has 0 aromatic heterocycles. The molecule has 118 valence electrons. The molecule has 0 bridgehead atoms. The second-order valence-electron chi connectivity index (χ2n) is 6.95. The molecule has 1 atom stereocenters. The van der Waals surface area contributed by atoms with E-state index in [1.807, 2.05) is 26.0 Å². The highest BCUT2D eigenvalue weighted by Gasteiger charge is 2.54. The lowest BCUT2D eigenvalue weighted by molar-refractivity contribution is -0.126. The Morgan fingerprint density at radius 2 is 1.82 bits per heavy atom. The number of nitrogens with one attached hydrogen (secondary N) is 1. The van der Waals surface area contributed by atoms with Crippen LogP contribution in [0.2, 0.25) is 5.02 Å². The minimum Gasteiger partial charge on any atom is -0.343 e. The summed E-state index contributed by atoms with van der Waals surface area (Å²) in [6, 6.07) is 3.71. The van der Waals surface area contributed by atoms with Gasteiger partial charge in [0.1, 0.15) is 5.92 Å². The number of carbonyl (C=O) groups excluding carboxylic acids is 2. The quantitative estimate of drug-likeness (QED) is 0.802. The number of halogens is 1. The first-order valence-corrected chi connectivity index (χ1v) is 8.35. The summed E-state index contributed by atoms with van der Waals surface area (Å²) in [5, 5.41) is 3.64. The van der Waals surface area contributed by atoms with Crippen molar-refractivity contribution in [3.8, 4) is 0 Å². The van der Waals surface area contributed by atoms with Crippen LogP contribution < -0.4 is 5.32 Å². The smallest absolute Gasteiger partial charge is 0.235 e. The average molecular weight is 320 g/mol. The Morgan fingerprint density at radius 1 is 1.18 bits per heavy atom. The van der Waals surface area contributed by atoms with Crippen LogP contribution in [0.1, 0.15) is 55.2 Å². The van der Waals surface area contributed by atoms with Crippen LogP contribution >= 0.6 is 11.6 Å². The van der Waals surface area contributed by atoms with E-state index in [4.69, 9.17) is 11.6 Å². The van der Waals surface area contributed by atoms with Crippen LogP contribution in [-0.2, 0) is 9.59 Å². The number of benzene rings is 1. The van der Waals surface area contributed by atoms with Gasteiger partial charge in [-0.05, 0) is 68.2 Å². The van der Waals surface area contributed by atoms with Gasteiger partial charge < -0.3 is 5.32 Å². The summed E-state index contributed by atoms with van der Waals surface area (Å²) >= 11 is 6.21. The Labute approximate surface area is 136 Å². The lowest BCUT2D eigenvalue weighted by Gasteiger charge is -2.34. The van der Waals surface area contributed by atoms with Gasteiger partial charge in [-0.15, -0.1) is 0 Å². The highest BCUT2D eigenvalue weighted by atomic mass is 35.5. The van der Waals surface area contributed by atoms with Gasteiger partial charge in [-0.1, -0.05) is 24.6 Å². The SMILES string of the molecule is Cc1ccc(Cl)c(C)c1C1C(=O)NC2(CCC(C)CC2)C1=O. The zero-order valence-electron chi connectivity index (χ0n) is 13.3. The maximum atomic E-state index is 13.1. The summed E-state index contributed by atoms with van der Waals surface area (Å²) in [6.45, 7) is 6.03. The van der Waals surface area contributed by atoms with E-state index in [1.54, 1.807) is 0 Å². The van der Waals surface area contributed by atoms with Gasteiger partial charge in [-0.25, -0.2) is 0 Å². The lowest BCUT2D eigenvalue weighted by Crippen LogP contribution is -2.49. The molecule has 1 saturated carbocycles. The molecule has 1 spiro atoms. The van der Waals surface area contributed by atoms with Gasteiger partial charge in [0.15, 0.2) is 5.78 Å². The Kier molecular flexibility index (Phi) is 3.80. The summed E-state index contributed by atoms with van der Waals surface area (Å²) in [6.07, 6.45) is 3.50. The van der Waals surface area contributed by atoms with E-state index < -0.39 is 11.5 Å². The van der Waals surface area contributed by atoms with Crippen molar-refractivity contribution in [1.29, 1.82) is 0 Å². The molecular weight excluding hydrogens is 298 g/mol. The molecule has 22 heavy (non-hydrogen) atoms. The molecule has 0 radical (unpaired) electrons. The molecule has 3 nitrogen and oxygen atoms in total. The van der Waals surface area contributed by atoms with Gasteiger partial charge in [0.2, 0.25) is 5.91 Å². The molecule has 1 amide bonds. The maximum Gasteiger partial charge on any atom is 0.235 e. The number of Topliss-reactive ketones (excluding diaryl/α,β-unsaturated/α-hetero) is 1. The first-order chi connectivity index (χ1) is 10.4. The third-order valence-electron chi connectivity index (χ3n) is 5.44. The van der Waals surface area contributed by atoms with Crippen LogP contribution in [0.15, 0.2) is 12.1 Å². The number of amides is 1. The van der Waals surface area contributed by atoms with E-state index in [0.29, 0.717) is 10.9 Å². The molecule has 1 aromatic carbocycles. The third kappa shape index (κ3) is 2.26. The number of hydrogen-bond acceptors (Lipinski definition) is 2. The third-order valence-corrected chi connectivity index (χ3v) is 5.85. The fourth-order valence-corrected chi connectivity index (χ4v) is 4.10. The topological polar surface area (TPSA) is 46.2 Å². The zero-order chi connectivity index (χ0) is 16.1. The van der Waals surface area contributed by atoms with Crippen molar-refractivity contribution in [3.05, 3.63) is 33.8 Å². The predicted octanol–water partition coefficient (Wildman–Crippen LogP) is 3.69. The molecule has 2 aliphatic rings. The van der Waals surface area contributed by atoms with Gasteiger partial charge in [0.05, 0.1) is 5.54 Å². The normalized spacial score (nSPS) is 31.6. The van der Waals surface area contributed by atoms with Gasteiger partial charge >= 0.3 is 0 Å². The molecule has 1 unspecified atom stereocenters. The van der Waals surface area contributed by atoms with Crippen molar-refractivity contribution in [1.82, 2.24) is 5.32 Å². The molecule has 1 aromatic rings. The van der Waals surface area contributed by atoms with Crippen LogP contribution in [0.4, 0.5) is 0 Å². The minimum absolute atomic E-state index is 0.0397. The Balaban J connectivity index is 2.01. The first kappa shape index (κ1) is 15.5. The largest absolute Gasteiger partial charge is 0.343 e. The highest BCUT2D eigenvalue weighted by molar-refractivity contribution is 6.31. The average Bonchev–Trinajstić information content (AvgIpc) is 2.71. The molecule has 3 rings (SSSR count). The molecule has 1 aliphatic heterocycles. The first-order valence-electron chi connectivity index (χ1n) is 7.97. The van der Waals surface area contributed by atoms with Gasteiger partial charge in [-0.3, -0.25) is 9.59 Å². The van der Waals surface area contributed by atoms with E-state index in [2.05, 4.69) is 12.2 Å². The van der Waals surface area contributed by atoms with E-state index in [0.717, 1.165) is 42.4 Å². The van der Waals surface area contributed by atoms with E-state index in [1.165, 1.54) is 0 Å². The molecule has 1 heterocycles. The molecule has 2 fully saturated rings. The Hall–Kier alpha value is -1.35. The van der Waals surface area contributed by atoms with Gasteiger partial charge in [0.25, 0.3) is 0 Å². The summed E-state index contributed by atoms with van der Waals surface area (Å²) in [7, 11) is 0.